The average Bonchev–Trinajstić information content (AvgIpc) is 2.68. The molecule has 0 heterocycles. The number of allylic oxidation sites excluding steroid dienone is 2. The average molecular weight is 235 g/mol. The third-order valence-corrected chi connectivity index (χ3v) is 3.95. The van der Waals surface area contributed by atoms with Gasteiger partial charge < -0.3 is 0 Å². The van der Waals surface area contributed by atoms with Crippen LogP contribution in [0.25, 0.3) is 0 Å². The molecule has 1 unspecified atom stereocenters. The maximum Gasteiger partial charge on any atom is 0.0406 e. The molecule has 0 aliphatic heterocycles. The number of rotatable bonds is 2. The van der Waals surface area contributed by atoms with Gasteiger partial charge in [-0.3, -0.25) is 0 Å². The van der Waals surface area contributed by atoms with Gasteiger partial charge in [0.1, 0.15) is 0 Å². The van der Waals surface area contributed by atoms with Gasteiger partial charge in [0.2, 0.25) is 0 Å². The van der Waals surface area contributed by atoms with Gasteiger partial charge >= 0.3 is 0 Å². The molecular weight excluding hydrogens is 216 g/mol. The summed E-state index contributed by atoms with van der Waals surface area (Å²) in [6.07, 6.45) is 3.64. The van der Waals surface area contributed by atoms with Crippen LogP contribution in [0, 0.1) is 5.41 Å². The van der Waals surface area contributed by atoms with Gasteiger partial charge in [0.15, 0.2) is 0 Å². The van der Waals surface area contributed by atoms with Gasteiger partial charge in [0, 0.05) is 10.4 Å². The van der Waals surface area contributed by atoms with Crippen LogP contribution in [0.4, 0.5) is 0 Å². The Hall–Kier alpha value is -0.750. The van der Waals surface area contributed by atoms with Crippen molar-refractivity contribution >= 4 is 11.6 Å². The van der Waals surface area contributed by atoms with Crippen LogP contribution in [0.2, 0.25) is 5.02 Å². The van der Waals surface area contributed by atoms with Crippen LogP contribution < -0.4 is 0 Å². The standard InChI is InChI=1S/C15H19Cl/c1-11(2)9-15(10-14(15,3)4)12-5-7-13(16)8-6-12/h5-9H,10H2,1-4H3. The van der Waals surface area contributed by atoms with Gasteiger partial charge in [-0.05, 0) is 43.4 Å². The van der Waals surface area contributed by atoms with Crippen molar-refractivity contribution in [1.29, 1.82) is 0 Å². The molecule has 86 valence electrons. The van der Waals surface area contributed by atoms with Crippen molar-refractivity contribution in [1.82, 2.24) is 0 Å². The Morgan fingerprint density at radius 1 is 1.19 bits per heavy atom. The summed E-state index contributed by atoms with van der Waals surface area (Å²) in [5.41, 5.74) is 3.39. The van der Waals surface area contributed by atoms with E-state index in [0.29, 0.717) is 5.41 Å². The summed E-state index contributed by atoms with van der Waals surface area (Å²) in [5.74, 6) is 0. The van der Waals surface area contributed by atoms with Crippen LogP contribution in [0.15, 0.2) is 35.9 Å². The van der Waals surface area contributed by atoms with Gasteiger partial charge in [0.05, 0.1) is 0 Å². The molecule has 1 fully saturated rings. The number of hydrogen-bond acceptors (Lipinski definition) is 0. The van der Waals surface area contributed by atoms with Crippen LogP contribution in [-0.4, -0.2) is 0 Å². The van der Waals surface area contributed by atoms with E-state index in [2.05, 4.69) is 45.9 Å². The minimum absolute atomic E-state index is 0.233. The van der Waals surface area contributed by atoms with Crippen LogP contribution in [0.1, 0.15) is 39.7 Å². The van der Waals surface area contributed by atoms with Crippen molar-refractivity contribution in [3.63, 3.8) is 0 Å². The maximum atomic E-state index is 5.94. The second-order valence-electron chi connectivity index (χ2n) is 5.76. The first kappa shape index (κ1) is 11.7. The van der Waals surface area contributed by atoms with Gasteiger partial charge in [-0.1, -0.05) is 49.2 Å². The molecule has 1 heteroatoms. The highest BCUT2D eigenvalue weighted by Gasteiger charge is 2.60. The highest BCUT2D eigenvalue weighted by atomic mass is 35.5. The maximum absolute atomic E-state index is 5.94. The van der Waals surface area contributed by atoms with E-state index in [-0.39, 0.29) is 5.41 Å². The fourth-order valence-electron chi connectivity index (χ4n) is 2.72. The monoisotopic (exact) mass is 234 g/mol. The smallest absolute Gasteiger partial charge is 0.0406 e. The van der Waals surface area contributed by atoms with Crippen molar-refractivity contribution in [2.75, 3.05) is 0 Å². The molecule has 0 nitrogen and oxygen atoms in total. The highest BCUT2D eigenvalue weighted by molar-refractivity contribution is 6.30. The molecule has 0 amide bonds. The van der Waals surface area contributed by atoms with Gasteiger partial charge in [-0.2, -0.15) is 0 Å². The third kappa shape index (κ3) is 1.80. The largest absolute Gasteiger partial charge is 0.0843 e. The lowest BCUT2D eigenvalue weighted by Crippen LogP contribution is -2.11. The van der Waals surface area contributed by atoms with Gasteiger partial charge in [-0.25, -0.2) is 0 Å². The number of hydrogen-bond donors (Lipinski definition) is 0. The minimum atomic E-state index is 0.233. The first-order chi connectivity index (χ1) is 7.37. The predicted molar refractivity (Wildman–Crippen MR) is 71.0 cm³/mol. The molecule has 0 saturated heterocycles. The van der Waals surface area contributed by atoms with Gasteiger partial charge in [0.25, 0.3) is 0 Å². The van der Waals surface area contributed by atoms with Crippen molar-refractivity contribution in [3.05, 3.63) is 46.5 Å². The Labute approximate surface area is 103 Å². The molecule has 0 spiro atoms. The van der Waals surface area contributed by atoms with Crippen molar-refractivity contribution in [2.45, 2.75) is 39.5 Å². The highest BCUT2D eigenvalue weighted by Crippen LogP contribution is 2.65. The molecular formula is C15H19Cl. The molecule has 16 heavy (non-hydrogen) atoms. The molecule has 0 bridgehead atoms. The SMILES string of the molecule is CC(C)=CC1(c2ccc(Cl)cc2)CC1(C)C. The summed E-state index contributed by atoms with van der Waals surface area (Å²) >= 11 is 5.94. The van der Waals surface area contributed by atoms with E-state index in [1.165, 1.54) is 17.6 Å². The molecule has 1 atom stereocenters. The number of halogens is 1. The summed E-state index contributed by atoms with van der Waals surface area (Å²) in [4.78, 5) is 0. The molecule has 1 aromatic rings. The van der Waals surface area contributed by atoms with Crippen LogP contribution in [-0.2, 0) is 5.41 Å². The molecule has 0 aromatic heterocycles. The van der Waals surface area contributed by atoms with E-state index < -0.39 is 0 Å². The molecule has 1 aliphatic rings. The van der Waals surface area contributed by atoms with Gasteiger partial charge in [-0.15, -0.1) is 0 Å². The number of benzene rings is 1. The predicted octanol–water partition coefficient (Wildman–Crippen LogP) is 4.97. The topological polar surface area (TPSA) is 0 Å². The zero-order valence-corrected chi connectivity index (χ0v) is 11.2. The summed E-state index contributed by atoms with van der Waals surface area (Å²) in [7, 11) is 0. The lowest BCUT2D eigenvalue weighted by atomic mass is 9.86. The molecule has 1 aliphatic carbocycles. The van der Waals surface area contributed by atoms with E-state index in [4.69, 9.17) is 11.6 Å². The van der Waals surface area contributed by atoms with Crippen LogP contribution in [0.3, 0.4) is 0 Å². The summed E-state index contributed by atoms with van der Waals surface area (Å²) in [5, 5.41) is 0.814. The van der Waals surface area contributed by atoms with Crippen molar-refractivity contribution in [3.8, 4) is 0 Å². The van der Waals surface area contributed by atoms with E-state index in [0.717, 1.165) is 5.02 Å². The molecule has 1 aromatic carbocycles. The first-order valence-corrected chi connectivity index (χ1v) is 6.17. The molecule has 0 N–H and O–H groups in total. The molecule has 1 saturated carbocycles. The first-order valence-electron chi connectivity index (χ1n) is 5.79. The molecule has 0 radical (unpaired) electrons. The Balaban J connectivity index is 2.44. The Bertz CT molecular complexity index is 421. The normalized spacial score (nSPS) is 26.3. The summed E-state index contributed by atoms with van der Waals surface area (Å²) in [6, 6.07) is 8.31. The fourth-order valence-corrected chi connectivity index (χ4v) is 2.84. The van der Waals surface area contributed by atoms with E-state index in [9.17, 15) is 0 Å². The van der Waals surface area contributed by atoms with Crippen molar-refractivity contribution in [2.24, 2.45) is 5.41 Å². The second kappa shape index (κ2) is 3.63. The van der Waals surface area contributed by atoms with Crippen LogP contribution in [0.5, 0.6) is 0 Å². The lowest BCUT2D eigenvalue weighted by molar-refractivity contribution is 0.561. The van der Waals surface area contributed by atoms with Crippen molar-refractivity contribution < 1.29 is 0 Å². The quantitative estimate of drug-likeness (QED) is 0.634. The summed E-state index contributed by atoms with van der Waals surface area (Å²) < 4.78 is 0. The third-order valence-electron chi connectivity index (χ3n) is 3.70. The Kier molecular flexibility index (Phi) is 2.66. The fraction of sp³-hybridized carbons (Fsp3) is 0.467. The Morgan fingerprint density at radius 3 is 2.06 bits per heavy atom. The summed E-state index contributed by atoms with van der Waals surface area (Å²) in [6.45, 7) is 9.01. The zero-order chi connectivity index (χ0) is 12.0. The Morgan fingerprint density at radius 2 is 1.69 bits per heavy atom. The minimum Gasteiger partial charge on any atom is -0.0843 e. The van der Waals surface area contributed by atoms with E-state index in [1.807, 2.05) is 12.1 Å². The molecule has 2 rings (SSSR count). The zero-order valence-electron chi connectivity index (χ0n) is 10.5. The van der Waals surface area contributed by atoms with Crippen LogP contribution >= 0.6 is 11.6 Å². The lowest BCUT2D eigenvalue weighted by Gasteiger charge is -2.18. The van der Waals surface area contributed by atoms with E-state index in [1.54, 1.807) is 0 Å². The van der Waals surface area contributed by atoms with E-state index >= 15 is 0 Å². The second-order valence-corrected chi connectivity index (χ2v) is 6.20.